The average Bonchev–Trinajstić information content (AvgIpc) is 2.30. The van der Waals surface area contributed by atoms with Gasteiger partial charge in [0.15, 0.2) is 6.79 Å². The summed E-state index contributed by atoms with van der Waals surface area (Å²) >= 11 is 0. The Bertz CT molecular complexity index is 326. The summed E-state index contributed by atoms with van der Waals surface area (Å²) in [5, 5.41) is 3.21. The van der Waals surface area contributed by atoms with E-state index in [-0.39, 0.29) is 0 Å². The van der Waals surface area contributed by atoms with Crippen molar-refractivity contribution in [1.29, 1.82) is 0 Å². The van der Waals surface area contributed by atoms with Gasteiger partial charge in [-0.15, -0.1) is 0 Å². The molecule has 0 aliphatic carbocycles. The molecule has 16 heavy (non-hydrogen) atoms. The summed E-state index contributed by atoms with van der Waals surface area (Å²) in [5.41, 5.74) is 2.41. The normalized spacial score (nSPS) is 12.5. The summed E-state index contributed by atoms with van der Waals surface area (Å²) in [4.78, 5) is 0. The first-order valence-corrected chi connectivity index (χ1v) is 5.67. The Morgan fingerprint density at radius 2 is 2.12 bits per heavy atom. The molecule has 3 nitrogen and oxygen atoms in total. The van der Waals surface area contributed by atoms with Gasteiger partial charge < -0.3 is 14.8 Å². The average molecular weight is 223 g/mol. The molecule has 0 bridgehead atoms. The van der Waals surface area contributed by atoms with Gasteiger partial charge in [0, 0.05) is 12.6 Å². The van der Waals surface area contributed by atoms with Crippen LogP contribution >= 0.6 is 0 Å². The molecule has 1 rings (SSSR count). The quantitative estimate of drug-likeness (QED) is 0.594. The van der Waals surface area contributed by atoms with E-state index in [1.54, 1.807) is 0 Å². The fourth-order valence-corrected chi connectivity index (χ4v) is 1.46. The summed E-state index contributed by atoms with van der Waals surface area (Å²) < 4.78 is 10.7. The van der Waals surface area contributed by atoms with Crippen molar-refractivity contribution in [1.82, 2.24) is 5.32 Å². The van der Waals surface area contributed by atoms with Crippen LogP contribution in [0.25, 0.3) is 0 Å². The predicted octanol–water partition coefficient (Wildman–Crippen LogP) is 2.65. The molecule has 0 saturated heterocycles. The Balaban J connectivity index is 2.67. The van der Waals surface area contributed by atoms with Gasteiger partial charge in [0.25, 0.3) is 0 Å². The monoisotopic (exact) mass is 223 g/mol. The molecule has 0 aromatic heterocycles. The molecule has 1 aromatic carbocycles. The second-order valence-corrected chi connectivity index (χ2v) is 3.79. The van der Waals surface area contributed by atoms with Crippen LogP contribution in [0.15, 0.2) is 18.2 Å². The van der Waals surface area contributed by atoms with Crippen LogP contribution in [0, 0.1) is 6.92 Å². The SMILES string of the molecule is CCOCOc1ccc(C(C)NC)cc1C. The highest BCUT2D eigenvalue weighted by molar-refractivity contribution is 5.37. The number of ether oxygens (including phenoxy) is 2. The second kappa shape index (κ2) is 6.51. The van der Waals surface area contributed by atoms with Crippen LogP contribution in [0.4, 0.5) is 0 Å². The molecule has 3 heteroatoms. The molecule has 1 N–H and O–H groups in total. The zero-order chi connectivity index (χ0) is 12.0. The minimum absolute atomic E-state index is 0.318. The Hall–Kier alpha value is -1.06. The molecular formula is C13H21NO2. The zero-order valence-electron chi connectivity index (χ0n) is 10.5. The first kappa shape index (κ1) is 13.0. The Morgan fingerprint density at radius 3 is 2.69 bits per heavy atom. The van der Waals surface area contributed by atoms with Gasteiger partial charge in [0.1, 0.15) is 5.75 Å². The minimum atomic E-state index is 0.318. The minimum Gasteiger partial charge on any atom is -0.467 e. The zero-order valence-corrected chi connectivity index (χ0v) is 10.5. The van der Waals surface area contributed by atoms with Crippen LogP contribution in [-0.4, -0.2) is 20.4 Å². The number of nitrogens with one attached hydrogen (secondary N) is 1. The number of hydrogen-bond acceptors (Lipinski definition) is 3. The van der Waals surface area contributed by atoms with E-state index in [0.717, 1.165) is 11.3 Å². The summed E-state index contributed by atoms with van der Waals surface area (Å²) in [6, 6.07) is 6.58. The highest BCUT2D eigenvalue weighted by Gasteiger charge is 2.05. The molecule has 90 valence electrons. The third-order valence-corrected chi connectivity index (χ3v) is 2.63. The maximum Gasteiger partial charge on any atom is 0.189 e. The second-order valence-electron chi connectivity index (χ2n) is 3.79. The van der Waals surface area contributed by atoms with Crippen LogP contribution < -0.4 is 10.1 Å². The molecule has 0 saturated carbocycles. The topological polar surface area (TPSA) is 30.5 Å². The fraction of sp³-hybridized carbons (Fsp3) is 0.538. The van der Waals surface area contributed by atoms with Gasteiger partial charge in [-0.05, 0) is 45.0 Å². The van der Waals surface area contributed by atoms with E-state index in [0.29, 0.717) is 19.4 Å². The number of benzene rings is 1. The predicted molar refractivity (Wildman–Crippen MR) is 65.8 cm³/mol. The largest absolute Gasteiger partial charge is 0.467 e. The van der Waals surface area contributed by atoms with Gasteiger partial charge in [-0.25, -0.2) is 0 Å². The smallest absolute Gasteiger partial charge is 0.189 e. The van der Waals surface area contributed by atoms with E-state index < -0.39 is 0 Å². The van der Waals surface area contributed by atoms with Crippen molar-refractivity contribution in [2.24, 2.45) is 0 Å². The van der Waals surface area contributed by atoms with Gasteiger partial charge in [0.2, 0.25) is 0 Å². The van der Waals surface area contributed by atoms with Crippen molar-refractivity contribution in [2.45, 2.75) is 26.8 Å². The lowest BCUT2D eigenvalue weighted by Crippen LogP contribution is -2.12. The lowest BCUT2D eigenvalue weighted by molar-refractivity contribution is 0.0220. The van der Waals surface area contributed by atoms with Crippen molar-refractivity contribution in [2.75, 3.05) is 20.4 Å². The van der Waals surface area contributed by atoms with Crippen molar-refractivity contribution in [3.8, 4) is 5.75 Å². The Labute approximate surface area is 97.8 Å². The van der Waals surface area contributed by atoms with E-state index >= 15 is 0 Å². The first-order valence-electron chi connectivity index (χ1n) is 5.67. The fourth-order valence-electron chi connectivity index (χ4n) is 1.46. The van der Waals surface area contributed by atoms with Crippen LogP contribution in [0.1, 0.15) is 31.0 Å². The number of hydrogen-bond donors (Lipinski definition) is 1. The summed E-state index contributed by atoms with van der Waals surface area (Å²) in [6.45, 7) is 7.13. The lowest BCUT2D eigenvalue weighted by atomic mass is 10.1. The molecule has 0 heterocycles. The van der Waals surface area contributed by atoms with Crippen molar-refractivity contribution in [3.63, 3.8) is 0 Å². The highest BCUT2D eigenvalue weighted by atomic mass is 16.7. The molecule has 0 aliphatic heterocycles. The van der Waals surface area contributed by atoms with Gasteiger partial charge in [-0.3, -0.25) is 0 Å². The number of rotatable bonds is 6. The standard InChI is InChI=1S/C13H21NO2/c1-5-15-9-16-13-7-6-12(8-10(13)2)11(3)14-4/h6-8,11,14H,5,9H2,1-4H3. The van der Waals surface area contributed by atoms with Crippen molar-refractivity contribution < 1.29 is 9.47 Å². The molecule has 0 amide bonds. The summed E-state index contributed by atoms with van der Waals surface area (Å²) in [7, 11) is 1.96. The molecule has 0 fully saturated rings. The van der Waals surface area contributed by atoms with E-state index in [2.05, 4.69) is 24.4 Å². The lowest BCUT2D eigenvalue weighted by Gasteiger charge is -2.14. The highest BCUT2D eigenvalue weighted by Crippen LogP contribution is 2.22. The van der Waals surface area contributed by atoms with Gasteiger partial charge in [0.05, 0.1) is 0 Å². The molecule has 1 aromatic rings. The van der Waals surface area contributed by atoms with Gasteiger partial charge >= 0.3 is 0 Å². The molecule has 1 unspecified atom stereocenters. The molecule has 0 aliphatic rings. The van der Waals surface area contributed by atoms with E-state index in [1.807, 2.05) is 27.0 Å². The first-order chi connectivity index (χ1) is 7.69. The van der Waals surface area contributed by atoms with E-state index in [4.69, 9.17) is 9.47 Å². The van der Waals surface area contributed by atoms with Crippen LogP contribution in [-0.2, 0) is 4.74 Å². The van der Waals surface area contributed by atoms with Gasteiger partial charge in [-0.2, -0.15) is 0 Å². The maximum absolute atomic E-state index is 5.50. The Morgan fingerprint density at radius 1 is 1.38 bits per heavy atom. The Kier molecular flexibility index (Phi) is 5.29. The molecule has 1 atom stereocenters. The third kappa shape index (κ3) is 3.51. The van der Waals surface area contributed by atoms with Crippen molar-refractivity contribution in [3.05, 3.63) is 29.3 Å². The third-order valence-electron chi connectivity index (χ3n) is 2.63. The molecular weight excluding hydrogens is 202 g/mol. The molecule has 0 radical (unpaired) electrons. The van der Waals surface area contributed by atoms with Crippen LogP contribution in [0.3, 0.4) is 0 Å². The summed E-state index contributed by atoms with van der Waals surface area (Å²) in [6.07, 6.45) is 0. The number of aryl methyl sites for hydroxylation is 1. The van der Waals surface area contributed by atoms with E-state index in [1.165, 1.54) is 5.56 Å². The van der Waals surface area contributed by atoms with E-state index in [9.17, 15) is 0 Å². The summed E-state index contributed by atoms with van der Waals surface area (Å²) in [5.74, 6) is 0.889. The van der Waals surface area contributed by atoms with Gasteiger partial charge in [-0.1, -0.05) is 12.1 Å². The van der Waals surface area contributed by atoms with Crippen LogP contribution in [0.2, 0.25) is 0 Å². The van der Waals surface area contributed by atoms with Crippen molar-refractivity contribution >= 4 is 0 Å². The maximum atomic E-state index is 5.50. The molecule has 0 spiro atoms. The van der Waals surface area contributed by atoms with Crippen LogP contribution in [0.5, 0.6) is 5.75 Å².